The number of ether oxygens (including phenoxy) is 1. The first-order chi connectivity index (χ1) is 14.2. The molecule has 0 fully saturated rings. The smallest absolute Gasteiger partial charge is 0.252 e. The van der Waals surface area contributed by atoms with Crippen LogP contribution < -0.4 is 9.64 Å². The molecule has 0 spiro atoms. The van der Waals surface area contributed by atoms with Gasteiger partial charge in [-0.25, -0.2) is 9.97 Å². The van der Waals surface area contributed by atoms with E-state index in [9.17, 15) is 4.79 Å². The summed E-state index contributed by atoms with van der Waals surface area (Å²) in [4.78, 5) is 24.5. The Kier molecular flexibility index (Phi) is 6.02. The number of fused-ring (bicyclic) bond motifs is 1. The summed E-state index contributed by atoms with van der Waals surface area (Å²) >= 11 is 3.10. The van der Waals surface area contributed by atoms with Gasteiger partial charge in [0, 0.05) is 36.4 Å². The molecule has 0 radical (unpaired) electrons. The summed E-state index contributed by atoms with van der Waals surface area (Å²) in [5, 5.41) is 2.69. The van der Waals surface area contributed by atoms with Crippen molar-refractivity contribution in [2.45, 2.75) is 13.0 Å². The predicted octanol–water partition coefficient (Wildman–Crippen LogP) is 4.70. The van der Waals surface area contributed by atoms with Crippen LogP contribution in [-0.4, -0.2) is 34.1 Å². The maximum atomic E-state index is 13.0. The molecule has 0 saturated heterocycles. The minimum atomic E-state index is -0.0740. The Hall–Kier alpha value is -2.97. The molecule has 0 saturated carbocycles. The third kappa shape index (κ3) is 4.72. The first kappa shape index (κ1) is 19.4. The summed E-state index contributed by atoms with van der Waals surface area (Å²) in [5.41, 5.74) is 0.862. The van der Waals surface area contributed by atoms with E-state index in [2.05, 4.69) is 9.97 Å². The first-order valence-electron chi connectivity index (χ1n) is 9.16. The zero-order valence-electron chi connectivity index (χ0n) is 15.9. The summed E-state index contributed by atoms with van der Waals surface area (Å²) in [6, 6.07) is 9.71. The molecule has 8 heteroatoms. The van der Waals surface area contributed by atoms with Gasteiger partial charge < -0.3 is 9.30 Å². The average Bonchev–Trinajstić information content (AvgIpc) is 3.50. The van der Waals surface area contributed by atoms with E-state index in [1.54, 1.807) is 41.9 Å². The van der Waals surface area contributed by atoms with Gasteiger partial charge in [-0.2, -0.15) is 0 Å². The molecule has 29 heavy (non-hydrogen) atoms. The van der Waals surface area contributed by atoms with E-state index in [0.29, 0.717) is 11.7 Å². The number of carbonyl (C=O) groups is 1. The number of thiazole rings is 1. The van der Waals surface area contributed by atoms with Crippen molar-refractivity contribution in [3.63, 3.8) is 0 Å². The number of anilines is 1. The van der Waals surface area contributed by atoms with Crippen molar-refractivity contribution in [2.24, 2.45) is 0 Å². The lowest BCUT2D eigenvalue weighted by atomic mass is 10.3. The Balaban J connectivity index is 1.57. The number of aryl methyl sites for hydroxylation is 1. The van der Waals surface area contributed by atoms with Crippen LogP contribution in [0, 0.1) is 0 Å². The molecule has 3 heterocycles. The molecular weight excluding hydrogens is 404 g/mol. The van der Waals surface area contributed by atoms with Gasteiger partial charge >= 0.3 is 0 Å². The van der Waals surface area contributed by atoms with Crippen molar-refractivity contribution in [1.82, 2.24) is 14.5 Å². The molecule has 0 N–H and O–H groups in total. The predicted molar refractivity (Wildman–Crippen MR) is 119 cm³/mol. The van der Waals surface area contributed by atoms with Gasteiger partial charge in [0.15, 0.2) is 5.13 Å². The molecule has 0 aliphatic heterocycles. The lowest BCUT2D eigenvalue weighted by Crippen LogP contribution is -2.30. The van der Waals surface area contributed by atoms with Gasteiger partial charge in [-0.3, -0.25) is 9.69 Å². The van der Waals surface area contributed by atoms with Crippen LogP contribution in [0.25, 0.3) is 16.3 Å². The molecule has 4 aromatic rings. The van der Waals surface area contributed by atoms with Crippen molar-refractivity contribution < 1.29 is 9.53 Å². The fourth-order valence-electron chi connectivity index (χ4n) is 2.90. The zero-order chi connectivity index (χ0) is 20.1. The number of hydrogen-bond donors (Lipinski definition) is 0. The molecule has 0 unspecified atom stereocenters. The summed E-state index contributed by atoms with van der Waals surface area (Å²) in [6.45, 7) is 1.36. The van der Waals surface area contributed by atoms with Crippen LogP contribution >= 0.6 is 22.7 Å². The fourth-order valence-corrected chi connectivity index (χ4v) is 4.54. The number of rotatable bonds is 8. The molecular formula is C21H20N4O2S2. The van der Waals surface area contributed by atoms with Crippen molar-refractivity contribution >= 4 is 50.0 Å². The number of methoxy groups -OCH3 is 1. The molecule has 3 aromatic heterocycles. The van der Waals surface area contributed by atoms with E-state index in [1.165, 1.54) is 11.3 Å². The SMILES string of the molecule is COc1ccc2nc(N(CCCn3ccnc3)C(=O)/C=C/c3cccs3)sc2c1. The van der Waals surface area contributed by atoms with Gasteiger partial charge in [-0.1, -0.05) is 17.4 Å². The Morgan fingerprint density at radius 3 is 3.03 bits per heavy atom. The van der Waals surface area contributed by atoms with E-state index in [4.69, 9.17) is 4.74 Å². The molecule has 0 bridgehead atoms. The molecule has 0 aliphatic carbocycles. The van der Waals surface area contributed by atoms with Crippen LogP contribution in [0.1, 0.15) is 11.3 Å². The number of imidazole rings is 1. The van der Waals surface area contributed by atoms with Crippen LogP contribution in [0.5, 0.6) is 5.75 Å². The number of amides is 1. The summed E-state index contributed by atoms with van der Waals surface area (Å²) in [7, 11) is 1.64. The van der Waals surface area contributed by atoms with Crippen molar-refractivity contribution in [2.75, 3.05) is 18.6 Å². The van der Waals surface area contributed by atoms with E-state index < -0.39 is 0 Å². The topological polar surface area (TPSA) is 60.2 Å². The zero-order valence-corrected chi connectivity index (χ0v) is 17.5. The maximum Gasteiger partial charge on any atom is 0.252 e. The molecule has 148 valence electrons. The summed E-state index contributed by atoms with van der Waals surface area (Å²) in [6.07, 6.45) is 9.74. The molecule has 0 aliphatic rings. The Labute approximate surface area is 176 Å². The third-order valence-electron chi connectivity index (χ3n) is 4.37. The van der Waals surface area contributed by atoms with Gasteiger partial charge in [0.05, 0.1) is 23.7 Å². The van der Waals surface area contributed by atoms with Crippen LogP contribution in [0.4, 0.5) is 5.13 Å². The molecule has 4 rings (SSSR count). The van der Waals surface area contributed by atoms with Gasteiger partial charge in [-0.05, 0) is 42.1 Å². The standard InChI is InChI=1S/C21H20N4O2S2/c1-27-16-5-7-18-19(14-16)29-21(23-18)25(11-3-10-24-12-9-22-15-24)20(26)8-6-17-4-2-13-28-17/h2,4-9,12-15H,3,10-11H2,1H3/b8-6+. The summed E-state index contributed by atoms with van der Waals surface area (Å²) in [5.74, 6) is 0.707. The van der Waals surface area contributed by atoms with Gasteiger partial charge in [0.1, 0.15) is 5.75 Å². The van der Waals surface area contributed by atoms with E-state index >= 15 is 0 Å². The monoisotopic (exact) mass is 424 g/mol. The highest BCUT2D eigenvalue weighted by Crippen LogP contribution is 2.32. The Bertz CT molecular complexity index is 1100. The van der Waals surface area contributed by atoms with Crippen LogP contribution in [-0.2, 0) is 11.3 Å². The second-order valence-electron chi connectivity index (χ2n) is 6.32. The third-order valence-corrected chi connectivity index (χ3v) is 6.25. The molecule has 0 atom stereocenters. The molecule has 1 aromatic carbocycles. The van der Waals surface area contributed by atoms with Gasteiger partial charge in [0.2, 0.25) is 0 Å². The number of aromatic nitrogens is 3. The second kappa shape index (κ2) is 9.02. The second-order valence-corrected chi connectivity index (χ2v) is 8.31. The Morgan fingerprint density at radius 1 is 1.34 bits per heavy atom. The van der Waals surface area contributed by atoms with E-state index in [0.717, 1.165) is 33.8 Å². The lowest BCUT2D eigenvalue weighted by Gasteiger charge is -2.18. The first-order valence-corrected chi connectivity index (χ1v) is 10.9. The highest BCUT2D eigenvalue weighted by molar-refractivity contribution is 7.22. The summed E-state index contributed by atoms with van der Waals surface area (Å²) < 4.78 is 8.31. The quantitative estimate of drug-likeness (QED) is 0.385. The van der Waals surface area contributed by atoms with Gasteiger partial charge in [-0.15, -0.1) is 11.3 Å². The number of nitrogens with zero attached hydrogens (tertiary/aromatic N) is 4. The number of hydrogen-bond acceptors (Lipinski definition) is 6. The van der Waals surface area contributed by atoms with Crippen LogP contribution in [0.15, 0.2) is 60.5 Å². The highest BCUT2D eigenvalue weighted by atomic mass is 32.1. The van der Waals surface area contributed by atoms with Crippen LogP contribution in [0.3, 0.4) is 0 Å². The largest absolute Gasteiger partial charge is 0.497 e. The average molecular weight is 425 g/mol. The van der Waals surface area contributed by atoms with Crippen molar-refractivity contribution in [3.8, 4) is 5.75 Å². The Morgan fingerprint density at radius 2 is 2.28 bits per heavy atom. The highest BCUT2D eigenvalue weighted by Gasteiger charge is 2.18. The number of carbonyl (C=O) groups excluding carboxylic acids is 1. The maximum absolute atomic E-state index is 13.0. The number of benzene rings is 1. The van der Waals surface area contributed by atoms with E-state index in [-0.39, 0.29) is 5.91 Å². The van der Waals surface area contributed by atoms with Crippen LogP contribution in [0.2, 0.25) is 0 Å². The van der Waals surface area contributed by atoms with Gasteiger partial charge in [0.25, 0.3) is 5.91 Å². The van der Waals surface area contributed by atoms with E-state index in [1.807, 2.05) is 52.6 Å². The fraction of sp³-hybridized carbons (Fsp3) is 0.190. The molecule has 6 nitrogen and oxygen atoms in total. The molecule has 1 amide bonds. The number of thiophene rings is 1. The normalized spacial score (nSPS) is 11.3. The van der Waals surface area contributed by atoms with Crippen molar-refractivity contribution in [1.29, 1.82) is 0 Å². The lowest BCUT2D eigenvalue weighted by molar-refractivity contribution is -0.114. The minimum absolute atomic E-state index is 0.0740. The van der Waals surface area contributed by atoms with Crippen molar-refractivity contribution in [3.05, 3.63) is 65.4 Å². The minimum Gasteiger partial charge on any atom is -0.497 e.